The summed E-state index contributed by atoms with van der Waals surface area (Å²) in [6.07, 6.45) is 4.29. The third-order valence-corrected chi connectivity index (χ3v) is 3.97. The molecule has 118 valence electrons. The molecule has 0 radical (unpaired) electrons. The molecule has 0 saturated carbocycles. The Hall–Kier alpha value is -1.36. The molecule has 1 fully saturated rings. The van der Waals surface area contributed by atoms with E-state index in [0.29, 0.717) is 12.0 Å². The molecular weight excluding hydrogens is 264 g/mol. The maximum atomic E-state index is 9.06. The zero-order valence-corrected chi connectivity index (χ0v) is 13.5. The molecule has 0 aliphatic carbocycles. The number of aliphatic hydroxyl groups excluding tert-OH is 1. The van der Waals surface area contributed by atoms with Crippen LogP contribution < -0.4 is 10.2 Å². The van der Waals surface area contributed by atoms with E-state index in [1.165, 1.54) is 12.8 Å². The van der Waals surface area contributed by atoms with Gasteiger partial charge in [-0.25, -0.2) is 9.97 Å². The Kier molecular flexibility index (Phi) is 5.79. The summed E-state index contributed by atoms with van der Waals surface area (Å²) in [7, 11) is 0. The number of aliphatic hydroxyl groups is 1. The fourth-order valence-electron chi connectivity index (χ4n) is 2.89. The molecule has 5 nitrogen and oxygen atoms in total. The van der Waals surface area contributed by atoms with Crippen molar-refractivity contribution in [3.63, 3.8) is 0 Å². The summed E-state index contributed by atoms with van der Waals surface area (Å²) in [5.74, 6) is 3.17. The molecule has 0 aromatic carbocycles. The van der Waals surface area contributed by atoms with Gasteiger partial charge in [0.1, 0.15) is 17.5 Å². The lowest BCUT2D eigenvalue weighted by Crippen LogP contribution is -2.30. The summed E-state index contributed by atoms with van der Waals surface area (Å²) in [5.41, 5.74) is 0. The third kappa shape index (κ3) is 4.06. The first kappa shape index (κ1) is 16.0. The predicted octanol–water partition coefficient (Wildman–Crippen LogP) is 2.77. The number of nitrogens with one attached hydrogen (secondary N) is 1. The van der Waals surface area contributed by atoms with E-state index in [0.717, 1.165) is 43.4 Å². The van der Waals surface area contributed by atoms with Crippen LogP contribution in [0.5, 0.6) is 0 Å². The second-order valence-electron chi connectivity index (χ2n) is 6.01. The summed E-state index contributed by atoms with van der Waals surface area (Å²) in [6, 6.07) is 2.56. The SMILES string of the molecule is CCNc1cc(N2CCCC2CCCO)nc(C(C)C)n1. The first-order valence-corrected chi connectivity index (χ1v) is 8.16. The fourth-order valence-corrected chi connectivity index (χ4v) is 2.89. The zero-order chi connectivity index (χ0) is 15.2. The van der Waals surface area contributed by atoms with Crippen LogP contribution in [0.2, 0.25) is 0 Å². The summed E-state index contributed by atoms with van der Waals surface area (Å²) in [6.45, 7) is 8.52. The maximum Gasteiger partial charge on any atom is 0.135 e. The van der Waals surface area contributed by atoms with E-state index >= 15 is 0 Å². The Labute approximate surface area is 127 Å². The molecule has 0 amide bonds. The number of rotatable bonds is 7. The highest BCUT2D eigenvalue weighted by molar-refractivity contribution is 5.51. The van der Waals surface area contributed by atoms with Crippen LogP contribution >= 0.6 is 0 Å². The van der Waals surface area contributed by atoms with Crippen LogP contribution in [-0.2, 0) is 0 Å². The van der Waals surface area contributed by atoms with E-state index in [4.69, 9.17) is 10.1 Å². The van der Waals surface area contributed by atoms with Gasteiger partial charge in [0, 0.05) is 37.7 Å². The molecular formula is C16H28N4O. The quantitative estimate of drug-likeness (QED) is 0.809. The van der Waals surface area contributed by atoms with Crippen LogP contribution in [0.25, 0.3) is 0 Å². The standard InChI is InChI=1S/C16H28N4O/c1-4-17-14-11-15(19-16(18-14)12(2)3)20-9-5-7-13(20)8-6-10-21/h11-13,21H,4-10H2,1-3H3,(H,17,18,19). The van der Waals surface area contributed by atoms with E-state index in [1.54, 1.807) is 0 Å². The molecule has 21 heavy (non-hydrogen) atoms. The van der Waals surface area contributed by atoms with Crippen LogP contribution in [0, 0.1) is 0 Å². The molecule has 2 heterocycles. The first-order valence-electron chi connectivity index (χ1n) is 8.16. The van der Waals surface area contributed by atoms with Gasteiger partial charge in [-0.05, 0) is 32.6 Å². The number of aromatic nitrogens is 2. The number of hydrogen-bond donors (Lipinski definition) is 2. The summed E-state index contributed by atoms with van der Waals surface area (Å²) < 4.78 is 0. The molecule has 1 aliphatic heterocycles. The average molecular weight is 292 g/mol. The van der Waals surface area contributed by atoms with Crippen molar-refractivity contribution in [2.45, 2.75) is 58.4 Å². The van der Waals surface area contributed by atoms with Crippen LogP contribution in [-0.4, -0.2) is 40.8 Å². The van der Waals surface area contributed by atoms with Gasteiger partial charge in [-0.15, -0.1) is 0 Å². The fraction of sp³-hybridized carbons (Fsp3) is 0.750. The lowest BCUT2D eigenvalue weighted by Gasteiger charge is -2.26. The van der Waals surface area contributed by atoms with Crippen molar-refractivity contribution in [1.29, 1.82) is 0 Å². The van der Waals surface area contributed by atoms with E-state index in [-0.39, 0.29) is 6.61 Å². The summed E-state index contributed by atoms with van der Waals surface area (Å²) in [5, 5.41) is 12.4. The predicted molar refractivity (Wildman–Crippen MR) is 87.0 cm³/mol. The monoisotopic (exact) mass is 292 g/mol. The molecule has 2 rings (SSSR count). The zero-order valence-electron chi connectivity index (χ0n) is 13.5. The number of nitrogens with zero attached hydrogens (tertiary/aromatic N) is 3. The Balaban J connectivity index is 2.24. The number of anilines is 2. The third-order valence-electron chi connectivity index (χ3n) is 3.97. The minimum absolute atomic E-state index is 0.272. The molecule has 0 bridgehead atoms. The first-order chi connectivity index (χ1) is 10.2. The second-order valence-corrected chi connectivity index (χ2v) is 6.01. The van der Waals surface area contributed by atoms with Crippen molar-refractivity contribution in [2.24, 2.45) is 0 Å². The van der Waals surface area contributed by atoms with E-state index in [1.807, 2.05) is 0 Å². The van der Waals surface area contributed by atoms with Gasteiger partial charge in [-0.1, -0.05) is 13.8 Å². The van der Waals surface area contributed by atoms with Crippen LogP contribution in [0.15, 0.2) is 6.07 Å². The molecule has 1 aliphatic rings. The molecule has 1 atom stereocenters. The largest absolute Gasteiger partial charge is 0.396 e. The van der Waals surface area contributed by atoms with Crippen LogP contribution in [0.4, 0.5) is 11.6 Å². The molecule has 5 heteroatoms. The lowest BCUT2D eigenvalue weighted by molar-refractivity contribution is 0.279. The smallest absolute Gasteiger partial charge is 0.135 e. The van der Waals surface area contributed by atoms with Crippen molar-refractivity contribution in [3.05, 3.63) is 11.9 Å². The normalized spacial score (nSPS) is 18.5. The second kappa shape index (κ2) is 7.59. The average Bonchev–Trinajstić information content (AvgIpc) is 2.93. The van der Waals surface area contributed by atoms with Crippen molar-refractivity contribution in [2.75, 3.05) is 29.9 Å². The van der Waals surface area contributed by atoms with Gasteiger partial charge < -0.3 is 15.3 Å². The van der Waals surface area contributed by atoms with E-state index in [2.05, 4.69) is 42.0 Å². The number of hydrogen-bond acceptors (Lipinski definition) is 5. The maximum absolute atomic E-state index is 9.06. The van der Waals surface area contributed by atoms with Crippen LogP contribution in [0.3, 0.4) is 0 Å². The van der Waals surface area contributed by atoms with Gasteiger partial charge >= 0.3 is 0 Å². The summed E-state index contributed by atoms with van der Waals surface area (Å²) >= 11 is 0. The van der Waals surface area contributed by atoms with E-state index in [9.17, 15) is 0 Å². The summed E-state index contributed by atoms with van der Waals surface area (Å²) in [4.78, 5) is 11.8. The topological polar surface area (TPSA) is 61.3 Å². The van der Waals surface area contributed by atoms with Crippen molar-refractivity contribution < 1.29 is 5.11 Å². The van der Waals surface area contributed by atoms with Gasteiger partial charge in [-0.3, -0.25) is 0 Å². The molecule has 1 saturated heterocycles. The Morgan fingerprint density at radius 2 is 2.24 bits per heavy atom. The molecule has 0 spiro atoms. The van der Waals surface area contributed by atoms with Crippen LogP contribution in [0.1, 0.15) is 58.2 Å². The highest BCUT2D eigenvalue weighted by Crippen LogP contribution is 2.29. The van der Waals surface area contributed by atoms with Crippen molar-refractivity contribution in [1.82, 2.24) is 9.97 Å². The minimum Gasteiger partial charge on any atom is -0.396 e. The molecule has 2 N–H and O–H groups in total. The van der Waals surface area contributed by atoms with E-state index < -0.39 is 0 Å². The Morgan fingerprint density at radius 1 is 1.43 bits per heavy atom. The Morgan fingerprint density at radius 3 is 2.90 bits per heavy atom. The lowest BCUT2D eigenvalue weighted by atomic mass is 10.1. The Bertz CT molecular complexity index is 450. The highest BCUT2D eigenvalue weighted by Gasteiger charge is 2.26. The molecule has 1 unspecified atom stereocenters. The van der Waals surface area contributed by atoms with Gasteiger partial charge in [0.15, 0.2) is 0 Å². The van der Waals surface area contributed by atoms with Gasteiger partial charge in [0.25, 0.3) is 0 Å². The molecule has 1 aromatic rings. The van der Waals surface area contributed by atoms with Gasteiger partial charge in [-0.2, -0.15) is 0 Å². The van der Waals surface area contributed by atoms with Gasteiger partial charge in [0.05, 0.1) is 0 Å². The molecule has 1 aromatic heterocycles. The van der Waals surface area contributed by atoms with Gasteiger partial charge in [0.2, 0.25) is 0 Å². The van der Waals surface area contributed by atoms with Crippen molar-refractivity contribution in [3.8, 4) is 0 Å². The van der Waals surface area contributed by atoms with Crippen molar-refractivity contribution >= 4 is 11.6 Å². The minimum atomic E-state index is 0.272. The highest BCUT2D eigenvalue weighted by atomic mass is 16.2.